The summed E-state index contributed by atoms with van der Waals surface area (Å²) in [4.78, 5) is 25.3. The van der Waals surface area contributed by atoms with Crippen molar-refractivity contribution in [3.8, 4) is 5.75 Å². The molecule has 0 aliphatic rings. The number of aromatic hydroxyl groups is 1. The highest BCUT2D eigenvalue weighted by molar-refractivity contribution is 6.04. The number of phenols is 1. The molecule has 0 spiro atoms. The topological polar surface area (TPSA) is 82.2 Å². The molecule has 1 aromatic heterocycles. The lowest BCUT2D eigenvalue weighted by molar-refractivity contribution is 0.102. The lowest BCUT2D eigenvalue weighted by Gasteiger charge is -2.10. The number of carbonyl (C=O) groups excluding carboxylic acids is 1. The highest BCUT2D eigenvalue weighted by atomic mass is 16.3. The quantitative estimate of drug-likeness (QED) is 0.720. The van der Waals surface area contributed by atoms with Gasteiger partial charge >= 0.3 is 0 Å². The predicted molar refractivity (Wildman–Crippen MR) is 72.6 cm³/mol. The molecular formula is C14H14N2O3. The SMILES string of the molecule is Cc1cc(NC(=O)c2ccc(=O)[nH]c2)c(C)cc1O. The van der Waals surface area contributed by atoms with Crippen LogP contribution in [-0.4, -0.2) is 16.0 Å². The second-order valence-corrected chi connectivity index (χ2v) is 4.35. The van der Waals surface area contributed by atoms with E-state index in [2.05, 4.69) is 10.3 Å². The van der Waals surface area contributed by atoms with Crippen molar-refractivity contribution in [2.45, 2.75) is 13.8 Å². The maximum Gasteiger partial charge on any atom is 0.257 e. The number of amides is 1. The van der Waals surface area contributed by atoms with Crippen LogP contribution in [-0.2, 0) is 0 Å². The zero-order chi connectivity index (χ0) is 14.0. The Labute approximate surface area is 109 Å². The Kier molecular flexibility index (Phi) is 3.37. The zero-order valence-electron chi connectivity index (χ0n) is 10.7. The van der Waals surface area contributed by atoms with Gasteiger partial charge in [-0.3, -0.25) is 9.59 Å². The molecule has 0 aliphatic heterocycles. The van der Waals surface area contributed by atoms with Crippen molar-refractivity contribution >= 4 is 11.6 Å². The van der Waals surface area contributed by atoms with Crippen LogP contribution in [0.1, 0.15) is 21.5 Å². The molecule has 0 bridgehead atoms. The number of hydrogen-bond donors (Lipinski definition) is 3. The number of aryl methyl sites for hydroxylation is 2. The molecule has 2 aromatic rings. The number of hydrogen-bond acceptors (Lipinski definition) is 3. The summed E-state index contributed by atoms with van der Waals surface area (Å²) in [5.74, 6) is -0.121. The number of benzene rings is 1. The van der Waals surface area contributed by atoms with Crippen LogP contribution >= 0.6 is 0 Å². The Bertz CT molecular complexity index is 669. The summed E-state index contributed by atoms with van der Waals surface area (Å²) in [5.41, 5.74) is 2.19. The third-order valence-corrected chi connectivity index (χ3v) is 2.84. The first kappa shape index (κ1) is 12.9. The fourth-order valence-corrected chi connectivity index (χ4v) is 1.68. The molecule has 0 unspecified atom stereocenters. The Balaban J connectivity index is 2.26. The van der Waals surface area contributed by atoms with Crippen LogP contribution in [0.2, 0.25) is 0 Å². The normalized spacial score (nSPS) is 10.2. The number of pyridine rings is 1. The summed E-state index contributed by atoms with van der Waals surface area (Å²) >= 11 is 0. The van der Waals surface area contributed by atoms with Crippen molar-refractivity contribution in [1.29, 1.82) is 0 Å². The smallest absolute Gasteiger partial charge is 0.257 e. The van der Waals surface area contributed by atoms with E-state index in [1.807, 2.05) is 0 Å². The molecule has 1 amide bonds. The van der Waals surface area contributed by atoms with E-state index >= 15 is 0 Å². The largest absolute Gasteiger partial charge is 0.508 e. The van der Waals surface area contributed by atoms with E-state index in [-0.39, 0.29) is 17.2 Å². The van der Waals surface area contributed by atoms with Gasteiger partial charge in [0.15, 0.2) is 0 Å². The first-order chi connectivity index (χ1) is 8.97. The van der Waals surface area contributed by atoms with Crippen LogP contribution in [0.3, 0.4) is 0 Å². The average molecular weight is 258 g/mol. The molecule has 2 rings (SSSR count). The predicted octanol–water partition coefficient (Wildman–Crippen LogP) is 1.95. The number of aromatic amines is 1. The van der Waals surface area contributed by atoms with Gasteiger partial charge in [0.25, 0.3) is 5.91 Å². The number of carbonyl (C=O) groups is 1. The van der Waals surface area contributed by atoms with Crippen molar-refractivity contribution in [1.82, 2.24) is 4.98 Å². The van der Waals surface area contributed by atoms with Crippen LogP contribution in [0.5, 0.6) is 5.75 Å². The van der Waals surface area contributed by atoms with E-state index in [1.165, 1.54) is 18.3 Å². The molecule has 1 aromatic carbocycles. The maximum absolute atomic E-state index is 12.0. The van der Waals surface area contributed by atoms with Crippen LogP contribution in [0.15, 0.2) is 35.3 Å². The Hall–Kier alpha value is -2.56. The van der Waals surface area contributed by atoms with E-state index in [0.29, 0.717) is 16.8 Å². The fraction of sp³-hybridized carbons (Fsp3) is 0.143. The summed E-state index contributed by atoms with van der Waals surface area (Å²) in [6.07, 6.45) is 1.36. The molecule has 5 nitrogen and oxygen atoms in total. The molecule has 0 aliphatic carbocycles. The summed E-state index contributed by atoms with van der Waals surface area (Å²) in [6.45, 7) is 3.55. The molecule has 5 heteroatoms. The third kappa shape index (κ3) is 2.82. The van der Waals surface area contributed by atoms with Gasteiger partial charge in [0.05, 0.1) is 5.56 Å². The number of anilines is 1. The van der Waals surface area contributed by atoms with Gasteiger partial charge in [-0.1, -0.05) is 0 Å². The van der Waals surface area contributed by atoms with Crippen LogP contribution in [0.4, 0.5) is 5.69 Å². The summed E-state index contributed by atoms with van der Waals surface area (Å²) in [6, 6.07) is 6.05. The van der Waals surface area contributed by atoms with Gasteiger partial charge in [-0.2, -0.15) is 0 Å². The van der Waals surface area contributed by atoms with Crippen LogP contribution < -0.4 is 10.9 Å². The van der Waals surface area contributed by atoms with Crippen molar-refractivity contribution in [3.05, 3.63) is 57.5 Å². The number of phenolic OH excluding ortho intramolecular Hbond substituents is 1. The standard InChI is InChI=1S/C14H14N2O3/c1-8-6-12(17)9(2)5-11(8)16-14(19)10-3-4-13(18)15-7-10/h3-7,17H,1-2H3,(H,15,18)(H,16,19). The van der Waals surface area contributed by atoms with Crippen molar-refractivity contribution < 1.29 is 9.90 Å². The lowest BCUT2D eigenvalue weighted by atomic mass is 10.1. The maximum atomic E-state index is 12.0. The summed E-state index contributed by atoms with van der Waals surface area (Å²) < 4.78 is 0. The van der Waals surface area contributed by atoms with Gasteiger partial charge in [0.1, 0.15) is 5.75 Å². The molecule has 1 heterocycles. The number of nitrogens with one attached hydrogen (secondary N) is 2. The fourth-order valence-electron chi connectivity index (χ4n) is 1.68. The lowest BCUT2D eigenvalue weighted by Crippen LogP contribution is -2.15. The van der Waals surface area contributed by atoms with E-state index in [4.69, 9.17) is 0 Å². The highest BCUT2D eigenvalue weighted by Crippen LogP contribution is 2.25. The van der Waals surface area contributed by atoms with Crippen molar-refractivity contribution in [2.24, 2.45) is 0 Å². The number of aromatic nitrogens is 1. The molecule has 0 saturated carbocycles. The molecule has 0 atom stereocenters. The van der Waals surface area contributed by atoms with Gasteiger partial charge in [0.2, 0.25) is 5.56 Å². The van der Waals surface area contributed by atoms with Gasteiger partial charge in [0, 0.05) is 18.0 Å². The Morgan fingerprint density at radius 2 is 1.95 bits per heavy atom. The van der Waals surface area contributed by atoms with E-state index < -0.39 is 0 Å². The Morgan fingerprint density at radius 1 is 1.21 bits per heavy atom. The van der Waals surface area contributed by atoms with Crippen LogP contribution in [0, 0.1) is 13.8 Å². The van der Waals surface area contributed by atoms with Gasteiger partial charge in [-0.15, -0.1) is 0 Å². The number of H-pyrrole nitrogens is 1. The summed E-state index contributed by atoms with van der Waals surface area (Å²) in [7, 11) is 0. The van der Waals surface area contributed by atoms with E-state index in [9.17, 15) is 14.7 Å². The average Bonchev–Trinajstić information content (AvgIpc) is 2.36. The minimum atomic E-state index is -0.315. The van der Waals surface area contributed by atoms with Gasteiger partial charge in [-0.05, 0) is 43.2 Å². The monoisotopic (exact) mass is 258 g/mol. The van der Waals surface area contributed by atoms with Gasteiger partial charge in [-0.25, -0.2) is 0 Å². The highest BCUT2D eigenvalue weighted by Gasteiger charge is 2.09. The second-order valence-electron chi connectivity index (χ2n) is 4.35. The molecular weight excluding hydrogens is 244 g/mol. The minimum Gasteiger partial charge on any atom is -0.508 e. The molecule has 3 N–H and O–H groups in total. The van der Waals surface area contributed by atoms with E-state index in [0.717, 1.165) is 5.56 Å². The number of rotatable bonds is 2. The second kappa shape index (κ2) is 4.97. The minimum absolute atomic E-state index is 0.194. The molecule has 0 saturated heterocycles. The zero-order valence-corrected chi connectivity index (χ0v) is 10.7. The van der Waals surface area contributed by atoms with Crippen LogP contribution in [0.25, 0.3) is 0 Å². The third-order valence-electron chi connectivity index (χ3n) is 2.84. The molecule has 98 valence electrons. The Morgan fingerprint density at radius 3 is 2.58 bits per heavy atom. The first-order valence-electron chi connectivity index (χ1n) is 5.77. The molecule has 19 heavy (non-hydrogen) atoms. The van der Waals surface area contributed by atoms with E-state index in [1.54, 1.807) is 26.0 Å². The van der Waals surface area contributed by atoms with Gasteiger partial charge < -0.3 is 15.4 Å². The first-order valence-corrected chi connectivity index (χ1v) is 5.77. The molecule has 0 fully saturated rings. The summed E-state index contributed by atoms with van der Waals surface area (Å²) in [5, 5.41) is 12.3. The molecule has 0 radical (unpaired) electrons. The van der Waals surface area contributed by atoms with Crippen molar-refractivity contribution in [3.63, 3.8) is 0 Å². The van der Waals surface area contributed by atoms with Crippen molar-refractivity contribution in [2.75, 3.05) is 5.32 Å².